The van der Waals surface area contributed by atoms with Crippen molar-refractivity contribution in [1.29, 1.82) is 0 Å². The fraction of sp³-hybridized carbons (Fsp3) is 0.917. The number of carbonyl (C=O) groups is 1. The van der Waals surface area contributed by atoms with Gasteiger partial charge >= 0.3 is 0 Å². The van der Waals surface area contributed by atoms with Crippen LogP contribution in [0.3, 0.4) is 0 Å². The highest BCUT2D eigenvalue weighted by atomic mass is 16.1. The third-order valence-electron chi connectivity index (χ3n) is 4.18. The first-order chi connectivity index (χ1) is 6.13. The lowest BCUT2D eigenvalue weighted by Crippen LogP contribution is -2.20. The van der Waals surface area contributed by atoms with Gasteiger partial charge in [-0.1, -0.05) is 27.2 Å². The van der Waals surface area contributed by atoms with Crippen LogP contribution < -0.4 is 0 Å². The molecule has 0 spiro atoms. The summed E-state index contributed by atoms with van der Waals surface area (Å²) in [6.45, 7) is 6.41. The minimum Gasteiger partial charge on any atom is -0.299 e. The molecule has 13 heavy (non-hydrogen) atoms. The average Bonchev–Trinajstić information content (AvgIpc) is 2.56. The number of hydrogen-bond acceptors (Lipinski definition) is 1. The molecule has 0 aromatic carbocycles. The van der Waals surface area contributed by atoms with E-state index < -0.39 is 0 Å². The van der Waals surface area contributed by atoms with E-state index in [1.54, 1.807) is 0 Å². The van der Waals surface area contributed by atoms with E-state index >= 15 is 0 Å². The number of rotatable bonds is 3. The van der Waals surface area contributed by atoms with Gasteiger partial charge in [0.05, 0.1) is 0 Å². The zero-order valence-electron chi connectivity index (χ0n) is 8.92. The monoisotopic (exact) mass is 180 g/mol. The maximum atomic E-state index is 12.0. The molecular weight excluding hydrogens is 160 g/mol. The maximum Gasteiger partial charge on any atom is 0.139 e. The maximum absolute atomic E-state index is 12.0. The number of carbonyl (C=O) groups excluding carboxylic acids is 1. The van der Waals surface area contributed by atoms with Gasteiger partial charge in [-0.25, -0.2) is 0 Å². The van der Waals surface area contributed by atoms with Crippen LogP contribution in [0.2, 0.25) is 0 Å². The summed E-state index contributed by atoms with van der Waals surface area (Å²) in [6, 6.07) is 0. The lowest BCUT2D eigenvalue weighted by atomic mass is 9.89. The first-order valence-electron chi connectivity index (χ1n) is 5.66. The molecule has 0 N–H and O–H groups in total. The summed E-state index contributed by atoms with van der Waals surface area (Å²) in [5.74, 6) is 3.45. The summed E-state index contributed by atoms with van der Waals surface area (Å²) in [6.07, 6.45) is 4.02. The Kier molecular flexibility index (Phi) is 2.21. The lowest BCUT2D eigenvalue weighted by molar-refractivity contribution is -0.125. The average molecular weight is 180 g/mol. The zero-order chi connectivity index (χ0) is 9.59. The molecule has 0 aromatic heterocycles. The van der Waals surface area contributed by atoms with Gasteiger partial charge in [-0.15, -0.1) is 0 Å². The molecule has 0 aromatic rings. The quantitative estimate of drug-likeness (QED) is 0.652. The van der Waals surface area contributed by atoms with Crippen LogP contribution in [-0.4, -0.2) is 5.78 Å². The van der Waals surface area contributed by atoms with Crippen LogP contribution in [0.4, 0.5) is 0 Å². The van der Waals surface area contributed by atoms with E-state index in [-0.39, 0.29) is 5.92 Å². The fourth-order valence-corrected chi connectivity index (χ4v) is 2.88. The standard InChI is InChI=1S/C12H20O/c1-7(2)8(3)12(13)11-9-5-4-6-10(9)11/h7-11H,4-6H2,1-3H3. The number of Topliss-reactive ketones (excluding diaryl/α,β-unsaturated/α-hetero) is 1. The van der Waals surface area contributed by atoms with E-state index in [1.165, 1.54) is 19.3 Å². The van der Waals surface area contributed by atoms with E-state index in [4.69, 9.17) is 0 Å². The molecule has 3 atom stereocenters. The molecule has 2 saturated carbocycles. The molecule has 0 bridgehead atoms. The third kappa shape index (κ3) is 1.43. The van der Waals surface area contributed by atoms with Crippen molar-refractivity contribution in [2.45, 2.75) is 40.0 Å². The van der Waals surface area contributed by atoms with Crippen molar-refractivity contribution in [2.75, 3.05) is 0 Å². The minimum absolute atomic E-state index is 0.288. The molecule has 74 valence electrons. The van der Waals surface area contributed by atoms with Crippen molar-refractivity contribution in [3.63, 3.8) is 0 Å². The summed E-state index contributed by atoms with van der Waals surface area (Å²) in [4.78, 5) is 12.0. The van der Waals surface area contributed by atoms with Gasteiger partial charge in [0.2, 0.25) is 0 Å². The molecule has 0 aliphatic heterocycles. The van der Waals surface area contributed by atoms with Crippen molar-refractivity contribution < 1.29 is 4.79 Å². The second kappa shape index (κ2) is 3.11. The molecule has 2 rings (SSSR count). The van der Waals surface area contributed by atoms with Crippen molar-refractivity contribution in [3.05, 3.63) is 0 Å². The van der Waals surface area contributed by atoms with E-state index in [0.29, 0.717) is 17.6 Å². The third-order valence-corrected chi connectivity index (χ3v) is 4.18. The Balaban J connectivity index is 1.93. The van der Waals surface area contributed by atoms with Crippen LogP contribution in [0, 0.1) is 29.6 Å². The molecule has 0 amide bonds. The highest BCUT2D eigenvalue weighted by molar-refractivity contribution is 5.86. The molecular formula is C12H20O. The highest BCUT2D eigenvalue weighted by Gasteiger charge is 2.56. The molecule has 3 unspecified atom stereocenters. The van der Waals surface area contributed by atoms with E-state index in [0.717, 1.165) is 11.8 Å². The van der Waals surface area contributed by atoms with Crippen LogP contribution in [0.5, 0.6) is 0 Å². The smallest absolute Gasteiger partial charge is 0.139 e. The first-order valence-corrected chi connectivity index (χ1v) is 5.66. The zero-order valence-corrected chi connectivity index (χ0v) is 8.92. The van der Waals surface area contributed by atoms with Gasteiger partial charge < -0.3 is 0 Å². The summed E-state index contributed by atoms with van der Waals surface area (Å²) < 4.78 is 0. The summed E-state index contributed by atoms with van der Waals surface area (Å²) >= 11 is 0. The highest BCUT2D eigenvalue weighted by Crippen LogP contribution is 2.58. The molecule has 2 fully saturated rings. The Morgan fingerprint density at radius 1 is 1.15 bits per heavy atom. The van der Waals surface area contributed by atoms with E-state index in [9.17, 15) is 4.79 Å². The molecule has 2 aliphatic carbocycles. The van der Waals surface area contributed by atoms with Crippen molar-refractivity contribution in [1.82, 2.24) is 0 Å². The van der Waals surface area contributed by atoms with Gasteiger partial charge in [0.15, 0.2) is 0 Å². The molecule has 0 radical (unpaired) electrons. The Morgan fingerprint density at radius 2 is 1.69 bits per heavy atom. The Morgan fingerprint density at radius 3 is 2.15 bits per heavy atom. The van der Waals surface area contributed by atoms with Crippen LogP contribution in [0.15, 0.2) is 0 Å². The van der Waals surface area contributed by atoms with E-state index in [2.05, 4.69) is 20.8 Å². The largest absolute Gasteiger partial charge is 0.299 e. The normalized spacial score (nSPS) is 38.9. The topological polar surface area (TPSA) is 17.1 Å². The Bertz CT molecular complexity index is 209. The van der Waals surface area contributed by atoms with E-state index in [1.807, 2.05) is 0 Å². The molecule has 2 aliphatic rings. The van der Waals surface area contributed by atoms with Gasteiger partial charge in [0.25, 0.3) is 0 Å². The second-order valence-electron chi connectivity index (χ2n) is 5.22. The molecule has 1 heteroatoms. The number of fused-ring (bicyclic) bond motifs is 1. The number of ketones is 1. The second-order valence-corrected chi connectivity index (χ2v) is 5.22. The van der Waals surface area contributed by atoms with Gasteiger partial charge in [-0.05, 0) is 30.6 Å². The SMILES string of the molecule is CC(C)C(C)C(=O)C1C2CCCC21. The molecule has 0 saturated heterocycles. The van der Waals surface area contributed by atoms with Gasteiger partial charge in [0, 0.05) is 11.8 Å². The lowest BCUT2D eigenvalue weighted by Gasteiger charge is -2.14. The predicted octanol–water partition coefficient (Wildman–Crippen LogP) is 2.89. The van der Waals surface area contributed by atoms with Gasteiger partial charge in [-0.2, -0.15) is 0 Å². The summed E-state index contributed by atoms with van der Waals surface area (Å²) in [5, 5.41) is 0. The molecule has 0 heterocycles. The van der Waals surface area contributed by atoms with Crippen LogP contribution in [0.1, 0.15) is 40.0 Å². The van der Waals surface area contributed by atoms with Gasteiger partial charge in [0.1, 0.15) is 5.78 Å². The van der Waals surface area contributed by atoms with Crippen LogP contribution in [-0.2, 0) is 4.79 Å². The van der Waals surface area contributed by atoms with Crippen molar-refractivity contribution >= 4 is 5.78 Å². The van der Waals surface area contributed by atoms with Crippen molar-refractivity contribution in [2.24, 2.45) is 29.6 Å². The Hall–Kier alpha value is -0.330. The van der Waals surface area contributed by atoms with Crippen LogP contribution in [0.25, 0.3) is 0 Å². The first kappa shape index (κ1) is 9.23. The summed E-state index contributed by atoms with van der Waals surface area (Å²) in [5.41, 5.74) is 0. The fourth-order valence-electron chi connectivity index (χ4n) is 2.88. The van der Waals surface area contributed by atoms with Gasteiger partial charge in [-0.3, -0.25) is 4.79 Å². The van der Waals surface area contributed by atoms with Crippen LogP contribution >= 0.6 is 0 Å². The number of hydrogen-bond donors (Lipinski definition) is 0. The Labute approximate surface area is 80.9 Å². The predicted molar refractivity (Wildman–Crippen MR) is 53.3 cm³/mol. The summed E-state index contributed by atoms with van der Waals surface area (Å²) in [7, 11) is 0. The minimum atomic E-state index is 0.288. The van der Waals surface area contributed by atoms with Crippen molar-refractivity contribution in [3.8, 4) is 0 Å². The molecule has 1 nitrogen and oxygen atoms in total.